The summed E-state index contributed by atoms with van der Waals surface area (Å²) in [5.74, 6) is -0.0585. The lowest BCUT2D eigenvalue weighted by atomic mass is 10.1. The standard InChI is InChI=1S/C19H22N6O2/c1-24(11-14-5-3-2-4-6-14)12-17(26)13-25-22-19(21-23-25)16-9-7-15(8-10-16)18(20)27/h2-10,17,26H,11-13H2,1H3,(H2,20,27)/t17-/m1/s1. The first-order valence-electron chi connectivity index (χ1n) is 8.60. The summed E-state index contributed by atoms with van der Waals surface area (Å²) in [6.45, 7) is 1.48. The van der Waals surface area contributed by atoms with Gasteiger partial charge in [0, 0.05) is 24.2 Å². The Balaban J connectivity index is 1.55. The van der Waals surface area contributed by atoms with Crippen LogP contribution in [0, 0.1) is 0 Å². The Labute approximate surface area is 157 Å². The fourth-order valence-corrected chi connectivity index (χ4v) is 2.79. The number of aliphatic hydroxyl groups is 1. The maximum absolute atomic E-state index is 11.1. The number of aromatic nitrogens is 4. The number of carbonyl (C=O) groups excluding carboxylic acids is 1. The topological polar surface area (TPSA) is 110 Å². The van der Waals surface area contributed by atoms with E-state index in [0.717, 1.165) is 12.1 Å². The van der Waals surface area contributed by atoms with Gasteiger partial charge in [0.25, 0.3) is 0 Å². The molecule has 0 radical (unpaired) electrons. The third kappa shape index (κ3) is 5.19. The van der Waals surface area contributed by atoms with Gasteiger partial charge in [-0.25, -0.2) is 0 Å². The van der Waals surface area contributed by atoms with Gasteiger partial charge in [0.15, 0.2) is 0 Å². The summed E-state index contributed by atoms with van der Waals surface area (Å²) >= 11 is 0. The maximum Gasteiger partial charge on any atom is 0.248 e. The van der Waals surface area contributed by atoms with Crippen LogP contribution in [0.3, 0.4) is 0 Å². The van der Waals surface area contributed by atoms with Crippen molar-refractivity contribution in [3.05, 3.63) is 65.7 Å². The van der Waals surface area contributed by atoms with E-state index in [1.165, 1.54) is 10.4 Å². The highest BCUT2D eigenvalue weighted by Crippen LogP contribution is 2.14. The van der Waals surface area contributed by atoms with E-state index < -0.39 is 12.0 Å². The monoisotopic (exact) mass is 366 g/mol. The normalized spacial score (nSPS) is 12.3. The number of rotatable bonds is 8. The number of aliphatic hydroxyl groups excluding tert-OH is 1. The van der Waals surface area contributed by atoms with Crippen LogP contribution in [-0.2, 0) is 13.1 Å². The molecule has 8 heteroatoms. The van der Waals surface area contributed by atoms with Gasteiger partial charge in [-0.2, -0.15) is 4.80 Å². The predicted molar refractivity (Wildman–Crippen MR) is 101 cm³/mol. The van der Waals surface area contributed by atoms with Crippen molar-refractivity contribution in [3.63, 3.8) is 0 Å². The van der Waals surface area contributed by atoms with Gasteiger partial charge in [-0.05, 0) is 30.0 Å². The van der Waals surface area contributed by atoms with Gasteiger partial charge in [-0.3, -0.25) is 9.69 Å². The fraction of sp³-hybridized carbons (Fsp3) is 0.263. The summed E-state index contributed by atoms with van der Waals surface area (Å²) in [5.41, 5.74) is 7.56. The molecule has 3 N–H and O–H groups in total. The number of benzene rings is 2. The third-order valence-electron chi connectivity index (χ3n) is 4.07. The second kappa shape index (κ2) is 8.52. The van der Waals surface area contributed by atoms with E-state index in [1.54, 1.807) is 24.3 Å². The highest BCUT2D eigenvalue weighted by atomic mass is 16.3. The summed E-state index contributed by atoms with van der Waals surface area (Å²) in [6.07, 6.45) is -0.627. The molecule has 0 aliphatic rings. The maximum atomic E-state index is 11.1. The molecular formula is C19H22N6O2. The molecule has 0 saturated heterocycles. The predicted octanol–water partition coefficient (Wildman–Crippen LogP) is 0.932. The minimum Gasteiger partial charge on any atom is -0.390 e. The summed E-state index contributed by atoms with van der Waals surface area (Å²) in [5, 5.41) is 22.6. The second-order valence-corrected chi connectivity index (χ2v) is 6.45. The van der Waals surface area contributed by atoms with Crippen LogP contribution in [0.15, 0.2) is 54.6 Å². The van der Waals surface area contributed by atoms with Gasteiger partial charge in [0.1, 0.15) is 0 Å². The number of primary amides is 1. The highest BCUT2D eigenvalue weighted by molar-refractivity contribution is 5.93. The Morgan fingerprint density at radius 1 is 1.19 bits per heavy atom. The molecule has 0 saturated carbocycles. The van der Waals surface area contributed by atoms with Gasteiger partial charge >= 0.3 is 0 Å². The molecule has 27 heavy (non-hydrogen) atoms. The summed E-state index contributed by atoms with van der Waals surface area (Å²) < 4.78 is 0. The zero-order chi connectivity index (χ0) is 19.2. The van der Waals surface area contributed by atoms with E-state index in [-0.39, 0.29) is 6.54 Å². The SMILES string of the molecule is CN(Cc1ccccc1)C[C@@H](O)Cn1nnc(-c2ccc(C(N)=O)cc2)n1. The van der Waals surface area contributed by atoms with Crippen molar-refractivity contribution in [2.24, 2.45) is 5.73 Å². The molecule has 1 heterocycles. The molecule has 0 aliphatic heterocycles. The zero-order valence-corrected chi connectivity index (χ0v) is 15.1. The number of nitrogens with zero attached hydrogens (tertiary/aromatic N) is 5. The third-order valence-corrected chi connectivity index (χ3v) is 4.07. The number of hydrogen-bond acceptors (Lipinski definition) is 6. The molecule has 0 bridgehead atoms. The van der Waals surface area contributed by atoms with Crippen LogP contribution in [-0.4, -0.2) is 55.8 Å². The lowest BCUT2D eigenvalue weighted by Crippen LogP contribution is -2.32. The van der Waals surface area contributed by atoms with Crippen LogP contribution in [0.1, 0.15) is 15.9 Å². The molecular weight excluding hydrogens is 344 g/mol. The molecule has 0 spiro atoms. The van der Waals surface area contributed by atoms with Gasteiger partial charge in [0.2, 0.25) is 11.7 Å². The lowest BCUT2D eigenvalue weighted by molar-refractivity contribution is 0.0987. The lowest BCUT2D eigenvalue weighted by Gasteiger charge is -2.20. The minimum atomic E-state index is -0.627. The van der Waals surface area contributed by atoms with E-state index in [4.69, 9.17) is 5.73 Å². The number of likely N-dealkylation sites (N-methyl/N-ethyl adjacent to an activating group) is 1. The largest absolute Gasteiger partial charge is 0.390 e. The van der Waals surface area contributed by atoms with Crippen molar-refractivity contribution < 1.29 is 9.90 Å². The first kappa shape index (κ1) is 18.7. The van der Waals surface area contributed by atoms with Crippen LogP contribution in [0.2, 0.25) is 0 Å². The highest BCUT2D eigenvalue weighted by Gasteiger charge is 2.13. The Bertz CT molecular complexity index is 879. The molecule has 3 aromatic rings. The molecule has 0 unspecified atom stereocenters. The number of nitrogens with two attached hydrogens (primary N) is 1. The minimum absolute atomic E-state index is 0.242. The van der Waals surface area contributed by atoms with Gasteiger partial charge < -0.3 is 10.8 Å². The summed E-state index contributed by atoms with van der Waals surface area (Å²) in [4.78, 5) is 14.5. The molecule has 1 aromatic heterocycles. The van der Waals surface area contributed by atoms with E-state index >= 15 is 0 Å². The Kier molecular flexibility index (Phi) is 5.90. The van der Waals surface area contributed by atoms with Crippen LogP contribution in [0.4, 0.5) is 0 Å². The molecule has 1 atom stereocenters. The Hall–Kier alpha value is -3.10. The molecule has 0 fully saturated rings. The quantitative estimate of drug-likeness (QED) is 0.614. The molecule has 3 rings (SSSR count). The Morgan fingerprint density at radius 3 is 2.56 bits per heavy atom. The molecule has 8 nitrogen and oxygen atoms in total. The van der Waals surface area contributed by atoms with E-state index in [1.807, 2.05) is 30.1 Å². The zero-order valence-electron chi connectivity index (χ0n) is 15.1. The van der Waals surface area contributed by atoms with Crippen molar-refractivity contribution in [1.82, 2.24) is 25.1 Å². The molecule has 1 amide bonds. The summed E-state index contributed by atoms with van der Waals surface area (Å²) in [6, 6.07) is 16.7. The molecule has 2 aromatic carbocycles. The van der Waals surface area contributed by atoms with Crippen molar-refractivity contribution in [3.8, 4) is 11.4 Å². The van der Waals surface area contributed by atoms with Crippen molar-refractivity contribution in [2.75, 3.05) is 13.6 Å². The van der Waals surface area contributed by atoms with Crippen LogP contribution < -0.4 is 5.73 Å². The van der Waals surface area contributed by atoms with E-state index in [9.17, 15) is 9.90 Å². The molecule has 0 aliphatic carbocycles. The fourth-order valence-electron chi connectivity index (χ4n) is 2.79. The number of amides is 1. The second-order valence-electron chi connectivity index (χ2n) is 6.45. The van der Waals surface area contributed by atoms with Crippen molar-refractivity contribution in [1.29, 1.82) is 0 Å². The first-order valence-corrected chi connectivity index (χ1v) is 8.60. The van der Waals surface area contributed by atoms with E-state index in [2.05, 4.69) is 27.5 Å². The number of carbonyl (C=O) groups is 1. The van der Waals surface area contributed by atoms with Gasteiger partial charge in [-0.1, -0.05) is 42.5 Å². The number of tetrazole rings is 1. The molecule has 140 valence electrons. The van der Waals surface area contributed by atoms with Crippen molar-refractivity contribution >= 4 is 5.91 Å². The smallest absolute Gasteiger partial charge is 0.248 e. The van der Waals surface area contributed by atoms with Gasteiger partial charge in [0.05, 0.1) is 12.6 Å². The Morgan fingerprint density at radius 2 is 1.89 bits per heavy atom. The van der Waals surface area contributed by atoms with Gasteiger partial charge in [-0.15, -0.1) is 10.2 Å². The van der Waals surface area contributed by atoms with Crippen LogP contribution >= 0.6 is 0 Å². The average Bonchev–Trinajstić information content (AvgIpc) is 3.10. The summed E-state index contributed by atoms with van der Waals surface area (Å²) in [7, 11) is 1.96. The number of hydrogen-bond donors (Lipinski definition) is 2. The van der Waals surface area contributed by atoms with E-state index in [0.29, 0.717) is 17.9 Å². The van der Waals surface area contributed by atoms with Crippen LogP contribution in [0.5, 0.6) is 0 Å². The first-order chi connectivity index (χ1) is 13.0. The van der Waals surface area contributed by atoms with Crippen LogP contribution in [0.25, 0.3) is 11.4 Å². The average molecular weight is 366 g/mol. The van der Waals surface area contributed by atoms with Crippen molar-refractivity contribution in [2.45, 2.75) is 19.2 Å².